The van der Waals surface area contributed by atoms with Crippen LogP contribution in [0.4, 0.5) is 0 Å². The number of carbonyl (C=O) groups excluding carboxylic acids is 1. The zero-order valence-electron chi connectivity index (χ0n) is 9.60. The molecule has 94 valence electrons. The smallest absolute Gasteiger partial charge is 0.257 e. The zero-order chi connectivity index (χ0) is 12.7. The average Bonchev–Trinajstić information content (AvgIpc) is 2.34. The van der Waals surface area contributed by atoms with Crippen LogP contribution in [0.5, 0.6) is 5.75 Å². The van der Waals surface area contributed by atoms with Gasteiger partial charge in [-0.25, -0.2) is 0 Å². The molecule has 1 heterocycles. The van der Waals surface area contributed by atoms with E-state index in [-0.39, 0.29) is 17.2 Å². The first-order chi connectivity index (χ1) is 8.20. The summed E-state index contributed by atoms with van der Waals surface area (Å²) in [4.78, 5) is 17.3. The van der Waals surface area contributed by atoms with Crippen molar-refractivity contribution in [1.82, 2.24) is 9.88 Å². The molecule has 5 nitrogen and oxygen atoms in total. The van der Waals surface area contributed by atoms with Crippen molar-refractivity contribution in [2.24, 2.45) is 0 Å². The van der Waals surface area contributed by atoms with Gasteiger partial charge in [-0.05, 0) is 6.07 Å². The van der Waals surface area contributed by atoms with Gasteiger partial charge in [-0.2, -0.15) is 0 Å². The molecule has 0 spiro atoms. The van der Waals surface area contributed by atoms with Gasteiger partial charge < -0.3 is 14.7 Å². The van der Waals surface area contributed by atoms with Crippen LogP contribution in [0.25, 0.3) is 0 Å². The third kappa shape index (κ3) is 3.87. The number of alkyl halides is 1. The lowest BCUT2D eigenvalue weighted by molar-refractivity contribution is 0.0704. The Hall–Kier alpha value is -1.33. The Morgan fingerprint density at radius 1 is 1.59 bits per heavy atom. The Bertz CT molecular complexity index is 373. The monoisotopic (exact) mass is 258 g/mol. The topological polar surface area (TPSA) is 62.7 Å². The molecule has 1 rings (SSSR count). The summed E-state index contributed by atoms with van der Waals surface area (Å²) in [5.41, 5.74) is 0.223. The Kier molecular flexibility index (Phi) is 5.72. The lowest BCUT2D eigenvalue weighted by Gasteiger charge is -2.21. The Morgan fingerprint density at radius 3 is 2.94 bits per heavy atom. The number of rotatable bonds is 6. The van der Waals surface area contributed by atoms with Gasteiger partial charge >= 0.3 is 0 Å². The van der Waals surface area contributed by atoms with E-state index >= 15 is 0 Å². The van der Waals surface area contributed by atoms with Crippen LogP contribution in [-0.4, -0.2) is 53.6 Å². The minimum absolute atomic E-state index is 0.130. The van der Waals surface area contributed by atoms with Crippen molar-refractivity contribution in [3.05, 3.63) is 24.0 Å². The van der Waals surface area contributed by atoms with Crippen LogP contribution in [0, 0.1) is 0 Å². The van der Waals surface area contributed by atoms with Crippen LogP contribution in [0.2, 0.25) is 0 Å². The van der Waals surface area contributed by atoms with Gasteiger partial charge in [0.05, 0.1) is 18.4 Å². The Morgan fingerprint density at radius 2 is 2.35 bits per heavy atom. The van der Waals surface area contributed by atoms with Crippen LogP contribution in [0.15, 0.2) is 18.5 Å². The maximum atomic E-state index is 12.1. The fraction of sp³-hybridized carbons (Fsp3) is 0.455. The van der Waals surface area contributed by atoms with Crippen LogP contribution in [0.3, 0.4) is 0 Å². The van der Waals surface area contributed by atoms with E-state index in [0.717, 1.165) is 0 Å². The first-order valence-corrected chi connectivity index (χ1v) is 5.71. The third-order valence-electron chi connectivity index (χ3n) is 2.24. The summed E-state index contributed by atoms with van der Waals surface area (Å²) in [6.07, 6.45) is 2.70. The number of hydrogen-bond acceptors (Lipinski definition) is 4. The third-order valence-corrected chi connectivity index (χ3v) is 2.41. The van der Waals surface area contributed by atoms with E-state index in [1.165, 1.54) is 23.4 Å². The summed E-state index contributed by atoms with van der Waals surface area (Å²) in [6.45, 7) is 1.27. The number of ether oxygens (including phenoxy) is 1. The molecule has 0 unspecified atom stereocenters. The van der Waals surface area contributed by atoms with Crippen molar-refractivity contribution in [2.75, 3.05) is 32.7 Å². The molecule has 1 aromatic heterocycles. The normalized spacial score (nSPS) is 10.2. The van der Waals surface area contributed by atoms with Crippen molar-refractivity contribution in [1.29, 1.82) is 0 Å². The average molecular weight is 259 g/mol. The maximum absolute atomic E-state index is 12.1. The maximum Gasteiger partial charge on any atom is 0.257 e. The molecule has 1 amide bonds. The zero-order valence-corrected chi connectivity index (χ0v) is 10.4. The molecular formula is C11H15ClN2O3. The van der Waals surface area contributed by atoms with Crippen LogP contribution < -0.4 is 0 Å². The number of amides is 1. The highest BCUT2D eigenvalue weighted by Gasteiger charge is 2.18. The molecule has 0 radical (unpaired) electrons. The highest BCUT2D eigenvalue weighted by Crippen LogP contribution is 2.16. The standard InChI is InChI=1S/C11H15ClN2O3/c1-17-7-6-14(5-3-12)11(16)9-2-4-13-8-10(9)15/h2,4,8,15H,3,5-7H2,1H3. The van der Waals surface area contributed by atoms with Gasteiger partial charge in [0.2, 0.25) is 0 Å². The molecule has 0 aliphatic rings. The molecule has 1 N–H and O–H groups in total. The molecular weight excluding hydrogens is 244 g/mol. The van der Waals surface area contributed by atoms with E-state index in [0.29, 0.717) is 25.6 Å². The van der Waals surface area contributed by atoms with E-state index in [9.17, 15) is 9.90 Å². The van der Waals surface area contributed by atoms with Crippen molar-refractivity contribution in [3.63, 3.8) is 0 Å². The number of nitrogens with zero attached hydrogens (tertiary/aromatic N) is 2. The van der Waals surface area contributed by atoms with Crippen molar-refractivity contribution >= 4 is 17.5 Å². The fourth-order valence-electron chi connectivity index (χ4n) is 1.36. The molecule has 0 fully saturated rings. The summed E-state index contributed by atoms with van der Waals surface area (Å²) in [7, 11) is 1.56. The number of carbonyl (C=O) groups is 1. The van der Waals surface area contributed by atoms with Crippen molar-refractivity contribution in [2.45, 2.75) is 0 Å². The number of hydrogen-bond donors (Lipinski definition) is 1. The molecule has 0 bridgehead atoms. The predicted octanol–water partition coefficient (Wildman–Crippen LogP) is 1.11. The van der Waals surface area contributed by atoms with Gasteiger partial charge in [0.1, 0.15) is 5.75 Å². The number of halogens is 1. The number of aromatic nitrogens is 1. The molecule has 0 atom stereocenters. The summed E-state index contributed by atoms with van der Waals surface area (Å²) < 4.78 is 4.92. The van der Waals surface area contributed by atoms with Gasteiger partial charge in [0.15, 0.2) is 0 Å². The van der Waals surface area contributed by atoms with Crippen molar-refractivity contribution in [3.8, 4) is 5.75 Å². The lowest BCUT2D eigenvalue weighted by atomic mass is 10.2. The SMILES string of the molecule is COCCN(CCCl)C(=O)c1ccncc1O. The quantitative estimate of drug-likeness (QED) is 0.777. The second-order valence-electron chi connectivity index (χ2n) is 3.37. The van der Waals surface area contributed by atoms with Crippen LogP contribution in [0.1, 0.15) is 10.4 Å². The number of aromatic hydroxyl groups is 1. The molecule has 17 heavy (non-hydrogen) atoms. The van der Waals surface area contributed by atoms with Gasteiger partial charge in [0.25, 0.3) is 5.91 Å². The molecule has 0 aliphatic carbocycles. The van der Waals surface area contributed by atoms with E-state index in [1.54, 1.807) is 7.11 Å². The summed E-state index contributed by atoms with van der Waals surface area (Å²) in [6, 6.07) is 1.48. The lowest BCUT2D eigenvalue weighted by Crippen LogP contribution is -2.35. The number of pyridine rings is 1. The highest BCUT2D eigenvalue weighted by molar-refractivity contribution is 6.18. The van der Waals surface area contributed by atoms with Gasteiger partial charge in [-0.1, -0.05) is 0 Å². The van der Waals surface area contributed by atoms with Crippen LogP contribution >= 0.6 is 11.6 Å². The minimum atomic E-state index is -0.275. The summed E-state index contributed by atoms with van der Waals surface area (Å²) >= 11 is 5.64. The van der Waals surface area contributed by atoms with E-state index in [4.69, 9.17) is 16.3 Å². The highest BCUT2D eigenvalue weighted by atomic mass is 35.5. The van der Waals surface area contributed by atoms with Gasteiger partial charge in [-0.15, -0.1) is 11.6 Å². The summed E-state index contributed by atoms with van der Waals surface area (Å²) in [5, 5.41) is 9.55. The first-order valence-electron chi connectivity index (χ1n) is 5.18. The first kappa shape index (κ1) is 13.7. The fourth-order valence-corrected chi connectivity index (χ4v) is 1.56. The van der Waals surface area contributed by atoms with Crippen molar-refractivity contribution < 1.29 is 14.6 Å². The largest absolute Gasteiger partial charge is 0.505 e. The van der Waals surface area contributed by atoms with Crippen LogP contribution in [-0.2, 0) is 4.74 Å². The Labute approximate surface area is 105 Å². The molecule has 0 saturated carbocycles. The van der Waals surface area contributed by atoms with E-state index in [1.807, 2.05) is 0 Å². The molecule has 0 saturated heterocycles. The van der Waals surface area contributed by atoms with Gasteiger partial charge in [-0.3, -0.25) is 9.78 Å². The van der Waals surface area contributed by atoms with Gasteiger partial charge in [0, 0.05) is 32.3 Å². The van der Waals surface area contributed by atoms with E-state index < -0.39 is 0 Å². The second-order valence-corrected chi connectivity index (χ2v) is 3.74. The Balaban J connectivity index is 2.80. The minimum Gasteiger partial charge on any atom is -0.505 e. The second kappa shape index (κ2) is 7.09. The molecule has 0 aromatic carbocycles. The molecule has 6 heteroatoms. The predicted molar refractivity (Wildman–Crippen MR) is 64.4 cm³/mol. The number of methoxy groups -OCH3 is 1. The molecule has 1 aromatic rings. The molecule has 0 aliphatic heterocycles. The van der Waals surface area contributed by atoms with E-state index in [2.05, 4.69) is 4.98 Å². The summed E-state index contributed by atoms with van der Waals surface area (Å²) in [5.74, 6) is -0.0709.